The van der Waals surface area contributed by atoms with Crippen LogP contribution in [0, 0.1) is 0 Å². The molecule has 0 atom stereocenters. The number of hydrogen-bond donors (Lipinski definition) is 3. The van der Waals surface area contributed by atoms with Crippen LogP contribution in [-0.4, -0.2) is 21.2 Å². The quantitative estimate of drug-likeness (QED) is 0.802. The Morgan fingerprint density at radius 2 is 1.95 bits per heavy atom. The van der Waals surface area contributed by atoms with Crippen LogP contribution in [0.2, 0.25) is 0 Å². The number of nitrogens with zero attached hydrogens (tertiary/aromatic N) is 1. The molecule has 1 aliphatic rings. The standard InChI is InChI=1S/C15H17N3O2/c19-14(20)18-15(8-4-5-9-15)13-16-10-12(17-13)11-6-2-1-3-7-11/h1-3,6-7,10,18H,4-5,8-9H2,(H,16,17)(H,19,20). The molecule has 2 aromatic rings. The van der Waals surface area contributed by atoms with Crippen molar-refractivity contribution in [3.05, 3.63) is 42.4 Å². The SMILES string of the molecule is O=C(O)NC1(c2ncc(-c3ccccc3)[nH]2)CCCC1. The second kappa shape index (κ2) is 5.00. The minimum Gasteiger partial charge on any atom is -0.465 e. The third-order valence-electron chi connectivity index (χ3n) is 3.92. The number of nitrogens with one attached hydrogen (secondary N) is 2. The van der Waals surface area contributed by atoms with E-state index in [1.807, 2.05) is 30.3 Å². The predicted octanol–water partition coefficient (Wildman–Crippen LogP) is 3.11. The van der Waals surface area contributed by atoms with Crippen molar-refractivity contribution in [3.8, 4) is 11.3 Å². The van der Waals surface area contributed by atoms with Crippen LogP contribution in [0.15, 0.2) is 36.5 Å². The average Bonchev–Trinajstić information content (AvgIpc) is 3.08. The number of benzene rings is 1. The molecule has 1 heterocycles. The second-order valence-corrected chi connectivity index (χ2v) is 5.23. The summed E-state index contributed by atoms with van der Waals surface area (Å²) in [6.07, 6.45) is 4.39. The average molecular weight is 271 g/mol. The lowest BCUT2D eigenvalue weighted by molar-refractivity contribution is 0.175. The van der Waals surface area contributed by atoms with E-state index in [0.717, 1.165) is 42.8 Å². The number of aromatic nitrogens is 2. The summed E-state index contributed by atoms with van der Waals surface area (Å²) < 4.78 is 0. The summed E-state index contributed by atoms with van der Waals surface area (Å²) in [7, 11) is 0. The van der Waals surface area contributed by atoms with Crippen LogP contribution >= 0.6 is 0 Å². The number of carboxylic acid groups (broad SMARTS) is 1. The van der Waals surface area contributed by atoms with Crippen molar-refractivity contribution in [2.75, 3.05) is 0 Å². The topological polar surface area (TPSA) is 78.0 Å². The third-order valence-corrected chi connectivity index (χ3v) is 3.92. The molecule has 1 amide bonds. The summed E-state index contributed by atoms with van der Waals surface area (Å²) in [5.74, 6) is 0.719. The maximum atomic E-state index is 11.1. The fourth-order valence-electron chi connectivity index (χ4n) is 2.93. The van der Waals surface area contributed by atoms with Crippen LogP contribution in [0.3, 0.4) is 0 Å². The van der Waals surface area contributed by atoms with Gasteiger partial charge >= 0.3 is 6.09 Å². The Labute approximate surface area is 117 Å². The summed E-state index contributed by atoms with van der Waals surface area (Å²) in [4.78, 5) is 18.8. The molecule has 0 unspecified atom stereocenters. The van der Waals surface area contributed by atoms with E-state index in [1.54, 1.807) is 6.20 Å². The Morgan fingerprint density at radius 3 is 2.60 bits per heavy atom. The highest BCUT2D eigenvalue weighted by atomic mass is 16.4. The van der Waals surface area contributed by atoms with Crippen molar-refractivity contribution in [1.82, 2.24) is 15.3 Å². The first kappa shape index (κ1) is 12.7. The molecule has 104 valence electrons. The fourth-order valence-corrected chi connectivity index (χ4v) is 2.93. The van der Waals surface area contributed by atoms with Gasteiger partial charge in [-0.3, -0.25) is 0 Å². The van der Waals surface area contributed by atoms with Crippen molar-refractivity contribution in [1.29, 1.82) is 0 Å². The van der Waals surface area contributed by atoms with Crippen LogP contribution in [0.5, 0.6) is 0 Å². The van der Waals surface area contributed by atoms with Gasteiger partial charge in [0, 0.05) is 0 Å². The number of imidazole rings is 1. The van der Waals surface area contributed by atoms with Gasteiger partial charge in [-0.1, -0.05) is 43.2 Å². The van der Waals surface area contributed by atoms with E-state index in [9.17, 15) is 4.79 Å². The molecule has 1 fully saturated rings. The predicted molar refractivity (Wildman–Crippen MR) is 75.3 cm³/mol. The maximum Gasteiger partial charge on any atom is 0.405 e. The van der Waals surface area contributed by atoms with Gasteiger partial charge < -0.3 is 15.4 Å². The summed E-state index contributed by atoms with van der Waals surface area (Å²) in [5.41, 5.74) is 1.41. The zero-order valence-corrected chi connectivity index (χ0v) is 11.1. The van der Waals surface area contributed by atoms with Crippen LogP contribution < -0.4 is 5.32 Å². The highest BCUT2D eigenvalue weighted by molar-refractivity contribution is 5.66. The molecular weight excluding hydrogens is 254 g/mol. The second-order valence-electron chi connectivity index (χ2n) is 5.23. The first-order chi connectivity index (χ1) is 9.70. The van der Waals surface area contributed by atoms with Gasteiger partial charge in [0.05, 0.1) is 11.9 Å². The summed E-state index contributed by atoms with van der Waals surface area (Å²) in [5, 5.41) is 11.7. The maximum absolute atomic E-state index is 11.1. The molecule has 0 saturated heterocycles. The van der Waals surface area contributed by atoms with Crippen LogP contribution in [0.4, 0.5) is 4.79 Å². The molecule has 1 aromatic carbocycles. The van der Waals surface area contributed by atoms with E-state index >= 15 is 0 Å². The molecule has 5 heteroatoms. The number of H-pyrrole nitrogens is 1. The van der Waals surface area contributed by atoms with Gasteiger partial charge in [-0.15, -0.1) is 0 Å². The molecule has 0 spiro atoms. The van der Waals surface area contributed by atoms with Crippen molar-refractivity contribution in [3.63, 3.8) is 0 Å². The Morgan fingerprint density at radius 1 is 1.25 bits per heavy atom. The van der Waals surface area contributed by atoms with E-state index in [-0.39, 0.29) is 0 Å². The first-order valence-corrected chi connectivity index (χ1v) is 6.82. The Hall–Kier alpha value is -2.30. The van der Waals surface area contributed by atoms with Crippen LogP contribution in [-0.2, 0) is 5.54 Å². The Balaban J connectivity index is 1.94. The monoisotopic (exact) mass is 271 g/mol. The van der Waals surface area contributed by atoms with Crippen molar-refractivity contribution in [2.45, 2.75) is 31.2 Å². The zero-order valence-electron chi connectivity index (χ0n) is 11.1. The zero-order chi connectivity index (χ0) is 14.0. The first-order valence-electron chi connectivity index (χ1n) is 6.82. The Bertz CT molecular complexity index is 601. The van der Waals surface area contributed by atoms with Crippen LogP contribution in [0.25, 0.3) is 11.3 Å². The van der Waals surface area contributed by atoms with E-state index in [4.69, 9.17) is 5.11 Å². The van der Waals surface area contributed by atoms with Gasteiger partial charge in [0.25, 0.3) is 0 Å². The molecule has 0 radical (unpaired) electrons. The molecule has 0 aliphatic heterocycles. The number of carbonyl (C=O) groups is 1. The van der Waals surface area contributed by atoms with Crippen molar-refractivity contribution >= 4 is 6.09 Å². The number of rotatable bonds is 3. The van der Waals surface area contributed by atoms with E-state index in [1.165, 1.54) is 0 Å². The normalized spacial score (nSPS) is 17.0. The third kappa shape index (κ3) is 2.27. The van der Waals surface area contributed by atoms with E-state index in [0.29, 0.717) is 0 Å². The van der Waals surface area contributed by atoms with Gasteiger partial charge in [-0.25, -0.2) is 9.78 Å². The molecular formula is C15H17N3O2. The largest absolute Gasteiger partial charge is 0.465 e. The Kier molecular flexibility index (Phi) is 3.18. The molecule has 1 saturated carbocycles. The van der Waals surface area contributed by atoms with Crippen LogP contribution in [0.1, 0.15) is 31.5 Å². The number of aromatic amines is 1. The summed E-state index contributed by atoms with van der Waals surface area (Å²) >= 11 is 0. The molecule has 20 heavy (non-hydrogen) atoms. The van der Waals surface area contributed by atoms with Crippen molar-refractivity contribution < 1.29 is 9.90 Å². The molecule has 3 rings (SSSR count). The van der Waals surface area contributed by atoms with Crippen molar-refractivity contribution in [2.24, 2.45) is 0 Å². The van der Waals surface area contributed by atoms with Gasteiger partial charge in [-0.05, 0) is 18.4 Å². The smallest absolute Gasteiger partial charge is 0.405 e. The lowest BCUT2D eigenvalue weighted by Gasteiger charge is -2.26. The lowest BCUT2D eigenvalue weighted by Crippen LogP contribution is -2.43. The lowest BCUT2D eigenvalue weighted by atomic mass is 9.97. The summed E-state index contributed by atoms with van der Waals surface area (Å²) in [6.45, 7) is 0. The molecule has 1 aromatic heterocycles. The van der Waals surface area contributed by atoms with Gasteiger partial charge in [0.2, 0.25) is 0 Å². The fraction of sp³-hybridized carbons (Fsp3) is 0.333. The molecule has 0 bridgehead atoms. The minimum absolute atomic E-state index is 0.557. The molecule has 1 aliphatic carbocycles. The highest BCUT2D eigenvalue weighted by Crippen LogP contribution is 2.37. The van der Waals surface area contributed by atoms with Gasteiger partial charge in [0.1, 0.15) is 11.4 Å². The van der Waals surface area contributed by atoms with E-state index < -0.39 is 11.6 Å². The van der Waals surface area contributed by atoms with E-state index in [2.05, 4.69) is 15.3 Å². The highest BCUT2D eigenvalue weighted by Gasteiger charge is 2.39. The van der Waals surface area contributed by atoms with Gasteiger partial charge in [0.15, 0.2) is 0 Å². The number of hydrogen-bond acceptors (Lipinski definition) is 2. The number of amides is 1. The molecule has 3 N–H and O–H groups in total. The minimum atomic E-state index is -0.996. The summed E-state index contributed by atoms with van der Waals surface area (Å²) in [6, 6.07) is 9.91. The van der Waals surface area contributed by atoms with Gasteiger partial charge in [-0.2, -0.15) is 0 Å². The molecule has 5 nitrogen and oxygen atoms in total.